The molecule has 2 aliphatic heterocycles. The predicted octanol–water partition coefficient (Wildman–Crippen LogP) is 2.20. The number of hydrogen-bond donors (Lipinski definition) is 0. The second-order valence-corrected chi connectivity index (χ2v) is 5.68. The molecular weight excluding hydrogens is 202 g/mol. The van der Waals surface area contributed by atoms with E-state index in [0.717, 1.165) is 32.5 Å². The van der Waals surface area contributed by atoms with Gasteiger partial charge in [0.1, 0.15) is 0 Å². The van der Waals surface area contributed by atoms with E-state index in [1.807, 2.05) is 0 Å². The number of hydrogen-bond acceptors (Lipinski definition) is 2. The predicted molar refractivity (Wildman–Crippen MR) is 63.2 cm³/mol. The number of piperidine rings is 1. The monoisotopic (exact) mass is 225 g/mol. The molecule has 1 atom stereocenters. The van der Waals surface area contributed by atoms with Crippen LogP contribution in [0.2, 0.25) is 0 Å². The third kappa shape index (κ3) is 2.76. The lowest BCUT2D eigenvalue weighted by Gasteiger charge is -2.38. The van der Waals surface area contributed by atoms with Crippen LogP contribution < -0.4 is 0 Å². The smallest absolute Gasteiger partial charge is 0.225 e. The zero-order chi connectivity index (χ0) is 11.6. The maximum absolute atomic E-state index is 12.3. The van der Waals surface area contributed by atoms with Crippen LogP contribution in [0.5, 0.6) is 0 Å². The van der Waals surface area contributed by atoms with Gasteiger partial charge in [-0.2, -0.15) is 0 Å². The minimum Gasteiger partial charge on any atom is -0.376 e. The summed E-state index contributed by atoms with van der Waals surface area (Å²) in [4.78, 5) is 14.4. The molecule has 16 heavy (non-hydrogen) atoms. The van der Waals surface area contributed by atoms with E-state index in [9.17, 15) is 4.79 Å². The molecule has 0 saturated carbocycles. The van der Waals surface area contributed by atoms with Crippen LogP contribution in [0.1, 0.15) is 46.0 Å². The highest BCUT2D eigenvalue weighted by molar-refractivity contribution is 5.79. The molecular formula is C13H23NO2. The van der Waals surface area contributed by atoms with E-state index < -0.39 is 0 Å². The fraction of sp³-hybridized carbons (Fsp3) is 0.923. The van der Waals surface area contributed by atoms with Crippen molar-refractivity contribution >= 4 is 5.91 Å². The van der Waals surface area contributed by atoms with Crippen LogP contribution in [-0.2, 0) is 9.53 Å². The Morgan fingerprint density at radius 1 is 1.25 bits per heavy atom. The van der Waals surface area contributed by atoms with Gasteiger partial charge in [0.05, 0.1) is 5.60 Å². The number of ether oxygens (including phenoxy) is 1. The van der Waals surface area contributed by atoms with E-state index in [0.29, 0.717) is 5.91 Å². The summed E-state index contributed by atoms with van der Waals surface area (Å²) in [5.41, 5.74) is -0.117. The van der Waals surface area contributed by atoms with E-state index in [-0.39, 0.29) is 11.5 Å². The van der Waals surface area contributed by atoms with Crippen LogP contribution >= 0.6 is 0 Å². The van der Waals surface area contributed by atoms with Crippen LogP contribution in [0.25, 0.3) is 0 Å². The molecule has 0 bridgehead atoms. The molecule has 0 aromatic carbocycles. The van der Waals surface area contributed by atoms with Gasteiger partial charge >= 0.3 is 0 Å². The Labute approximate surface area is 98.1 Å². The molecule has 0 aliphatic carbocycles. The van der Waals surface area contributed by atoms with Gasteiger partial charge in [0.15, 0.2) is 0 Å². The lowest BCUT2D eigenvalue weighted by molar-refractivity contribution is -0.146. The Morgan fingerprint density at radius 2 is 1.94 bits per heavy atom. The third-order valence-corrected chi connectivity index (χ3v) is 3.71. The van der Waals surface area contributed by atoms with Gasteiger partial charge in [-0.25, -0.2) is 0 Å². The van der Waals surface area contributed by atoms with Crippen LogP contribution in [0, 0.1) is 5.92 Å². The van der Waals surface area contributed by atoms with Crippen molar-refractivity contribution in [1.82, 2.24) is 4.90 Å². The molecule has 0 aromatic rings. The third-order valence-electron chi connectivity index (χ3n) is 3.71. The molecule has 3 heteroatoms. The topological polar surface area (TPSA) is 29.5 Å². The van der Waals surface area contributed by atoms with E-state index in [1.54, 1.807) is 0 Å². The lowest BCUT2D eigenvalue weighted by Crippen LogP contribution is -2.45. The largest absolute Gasteiger partial charge is 0.376 e. The maximum atomic E-state index is 12.3. The van der Waals surface area contributed by atoms with Crippen molar-refractivity contribution in [3.05, 3.63) is 0 Å². The van der Waals surface area contributed by atoms with Crippen LogP contribution in [-0.4, -0.2) is 36.1 Å². The zero-order valence-electron chi connectivity index (χ0n) is 10.5. The van der Waals surface area contributed by atoms with E-state index in [4.69, 9.17) is 4.74 Å². The van der Waals surface area contributed by atoms with E-state index >= 15 is 0 Å². The SMILES string of the molecule is CC1(C)CC(C(=O)N2CCCCC2)CCO1. The molecule has 2 fully saturated rings. The van der Waals surface area contributed by atoms with Gasteiger partial charge in [-0.05, 0) is 46.0 Å². The van der Waals surface area contributed by atoms with Crippen molar-refractivity contribution in [2.24, 2.45) is 5.92 Å². The van der Waals surface area contributed by atoms with Crippen molar-refractivity contribution in [1.29, 1.82) is 0 Å². The first-order chi connectivity index (χ1) is 7.58. The fourth-order valence-electron chi connectivity index (χ4n) is 2.82. The second kappa shape index (κ2) is 4.74. The van der Waals surface area contributed by atoms with Crippen LogP contribution in [0.3, 0.4) is 0 Å². The highest BCUT2D eigenvalue weighted by Gasteiger charge is 2.35. The number of amides is 1. The molecule has 3 nitrogen and oxygen atoms in total. The maximum Gasteiger partial charge on any atom is 0.225 e. The standard InChI is InChI=1S/C13H23NO2/c1-13(2)10-11(6-9-16-13)12(15)14-7-4-3-5-8-14/h11H,3-10H2,1-2H3. The molecule has 1 amide bonds. The number of nitrogens with zero attached hydrogens (tertiary/aromatic N) is 1. The summed E-state index contributed by atoms with van der Waals surface area (Å²) in [7, 11) is 0. The highest BCUT2D eigenvalue weighted by Crippen LogP contribution is 2.30. The summed E-state index contributed by atoms with van der Waals surface area (Å²) in [6.07, 6.45) is 5.42. The summed E-state index contributed by atoms with van der Waals surface area (Å²) in [5.74, 6) is 0.568. The van der Waals surface area contributed by atoms with Crippen molar-refractivity contribution in [3.8, 4) is 0 Å². The minimum atomic E-state index is -0.117. The fourth-order valence-corrected chi connectivity index (χ4v) is 2.82. The Kier molecular flexibility index (Phi) is 3.53. The Balaban J connectivity index is 1.93. The molecule has 92 valence electrons. The van der Waals surface area contributed by atoms with Gasteiger partial charge in [-0.1, -0.05) is 0 Å². The Bertz CT molecular complexity index is 257. The average molecular weight is 225 g/mol. The molecule has 2 rings (SSSR count). The molecule has 0 radical (unpaired) electrons. The number of carbonyl (C=O) groups is 1. The van der Waals surface area contributed by atoms with Crippen molar-refractivity contribution < 1.29 is 9.53 Å². The van der Waals surface area contributed by atoms with Gasteiger partial charge < -0.3 is 9.64 Å². The average Bonchev–Trinajstić information content (AvgIpc) is 2.28. The van der Waals surface area contributed by atoms with Crippen LogP contribution in [0.15, 0.2) is 0 Å². The number of rotatable bonds is 1. The summed E-state index contributed by atoms with van der Waals surface area (Å²) >= 11 is 0. The van der Waals surface area contributed by atoms with Crippen LogP contribution in [0.4, 0.5) is 0 Å². The van der Waals surface area contributed by atoms with Crippen molar-refractivity contribution in [2.75, 3.05) is 19.7 Å². The minimum absolute atomic E-state index is 0.117. The second-order valence-electron chi connectivity index (χ2n) is 5.68. The molecule has 0 spiro atoms. The normalized spacial score (nSPS) is 30.1. The van der Waals surface area contributed by atoms with Gasteiger partial charge in [0.2, 0.25) is 5.91 Å². The van der Waals surface area contributed by atoms with Gasteiger partial charge in [-0.15, -0.1) is 0 Å². The number of likely N-dealkylation sites (tertiary alicyclic amines) is 1. The first-order valence-electron chi connectivity index (χ1n) is 6.51. The Hall–Kier alpha value is -0.570. The van der Waals surface area contributed by atoms with Crippen molar-refractivity contribution in [2.45, 2.75) is 51.6 Å². The quantitative estimate of drug-likeness (QED) is 0.684. The molecule has 2 aliphatic rings. The first kappa shape index (κ1) is 11.9. The lowest BCUT2D eigenvalue weighted by atomic mass is 9.87. The first-order valence-corrected chi connectivity index (χ1v) is 6.51. The summed E-state index contributed by atoms with van der Waals surface area (Å²) in [5, 5.41) is 0. The molecule has 0 N–H and O–H groups in total. The summed E-state index contributed by atoms with van der Waals surface area (Å²) in [6.45, 7) is 6.84. The molecule has 0 aromatic heterocycles. The summed E-state index contributed by atoms with van der Waals surface area (Å²) < 4.78 is 5.66. The zero-order valence-corrected chi connectivity index (χ0v) is 10.5. The van der Waals surface area contributed by atoms with Gasteiger partial charge in [-0.3, -0.25) is 4.79 Å². The molecule has 2 heterocycles. The highest BCUT2D eigenvalue weighted by atomic mass is 16.5. The summed E-state index contributed by atoms with van der Waals surface area (Å²) in [6, 6.07) is 0. The molecule has 2 saturated heterocycles. The Morgan fingerprint density at radius 3 is 2.56 bits per heavy atom. The van der Waals surface area contributed by atoms with Gasteiger partial charge in [0, 0.05) is 25.6 Å². The van der Waals surface area contributed by atoms with Crippen molar-refractivity contribution in [3.63, 3.8) is 0 Å². The number of carbonyl (C=O) groups excluding carboxylic acids is 1. The van der Waals surface area contributed by atoms with Gasteiger partial charge in [0.25, 0.3) is 0 Å². The molecule has 1 unspecified atom stereocenters. The van der Waals surface area contributed by atoms with E-state index in [2.05, 4.69) is 18.7 Å². The van der Waals surface area contributed by atoms with E-state index in [1.165, 1.54) is 19.3 Å².